The Balaban J connectivity index is 1.84. The van der Waals surface area contributed by atoms with Crippen molar-refractivity contribution in [1.82, 2.24) is 4.98 Å². The molecule has 1 aliphatic carbocycles. The molecule has 1 aromatic heterocycles. The smallest absolute Gasteiger partial charge is 0.195 e. The van der Waals surface area contributed by atoms with Gasteiger partial charge in [0.05, 0.1) is 18.4 Å². The van der Waals surface area contributed by atoms with Crippen molar-refractivity contribution in [2.45, 2.75) is 44.1 Å². The van der Waals surface area contributed by atoms with Crippen LogP contribution in [-0.4, -0.2) is 23.0 Å². The largest absolute Gasteiger partial charge is 0.387 e. The zero-order valence-corrected chi connectivity index (χ0v) is 16.4. The van der Waals surface area contributed by atoms with Gasteiger partial charge < -0.3 is 9.84 Å². The van der Waals surface area contributed by atoms with Crippen molar-refractivity contribution >= 4 is 29.0 Å². The molecule has 2 aromatic rings. The van der Waals surface area contributed by atoms with Crippen LogP contribution in [0.15, 0.2) is 30.5 Å². The molecule has 0 aliphatic heterocycles. The molecular weight excluding hydrogens is 392 g/mol. The summed E-state index contributed by atoms with van der Waals surface area (Å²) in [4.78, 5) is 16.9. The molecule has 1 heterocycles. The minimum Gasteiger partial charge on any atom is -0.387 e. The van der Waals surface area contributed by atoms with Gasteiger partial charge in [0, 0.05) is 35.3 Å². The summed E-state index contributed by atoms with van der Waals surface area (Å²) in [5.41, 5.74) is -0.250. The number of hydrogen-bond donors (Lipinski definition) is 1. The second kappa shape index (κ2) is 8.23. The summed E-state index contributed by atoms with van der Waals surface area (Å²) in [6, 6.07) is 6.43. The van der Waals surface area contributed by atoms with Crippen LogP contribution < -0.4 is 0 Å². The topological polar surface area (TPSA) is 59.4 Å². The van der Waals surface area contributed by atoms with Crippen molar-refractivity contribution in [3.8, 4) is 0 Å². The molecule has 27 heavy (non-hydrogen) atoms. The SMILES string of the molecule is COCc1cc(Cl)cc(Cl)c1CCC(=O)C1(F)CCC(O)c2ncccc21. The number of ether oxygens (including phenoxy) is 1. The lowest BCUT2D eigenvalue weighted by atomic mass is 9.77. The van der Waals surface area contributed by atoms with E-state index in [2.05, 4.69) is 4.98 Å². The van der Waals surface area contributed by atoms with Crippen LogP contribution in [0.2, 0.25) is 10.0 Å². The highest BCUT2D eigenvalue weighted by Crippen LogP contribution is 2.43. The fourth-order valence-corrected chi connectivity index (χ4v) is 4.20. The number of aromatic nitrogens is 1. The van der Waals surface area contributed by atoms with Crippen LogP contribution in [-0.2, 0) is 28.2 Å². The van der Waals surface area contributed by atoms with Gasteiger partial charge >= 0.3 is 0 Å². The maximum Gasteiger partial charge on any atom is 0.195 e. The van der Waals surface area contributed by atoms with E-state index in [0.29, 0.717) is 16.7 Å². The number of aliphatic hydroxyl groups is 1. The van der Waals surface area contributed by atoms with Gasteiger partial charge in [0.15, 0.2) is 11.5 Å². The summed E-state index contributed by atoms with van der Waals surface area (Å²) in [5, 5.41) is 11.0. The first-order chi connectivity index (χ1) is 12.9. The molecule has 3 rings (SSSR count). The number of ketones is 1. The Morgan fingerprint density at radius 1 is 1.44 bits per heavy atom. The Morgan fingerprint density at radius 3 is 2.96 bits per heavy atom. The Labute approximate surface area is 167 Å². The third-order valence-corrected chi connectivity index (χ3v) is 5.50. The van der Waals surface area contributed by atoms with E-state index in [-0.39, 0.29) is 36.9 Å². The van der Waals surface area contributed by atoms with Gasteiger partial charge in [-0.3, -0.25) is 9.78 Å². The van der Waals surface area contributed by atoms with E-state index in [1.807, 2.05) is 0 Å². The van der Waals surface area contributed by atoms with E-state index >= 15 is 4.39 Å². The van der Waals surface area contributed by atoms with Crippen LogP contribution in [0, 0.1) is 0 Å². The zero-order valence-electron chi connectivity index (χ0n) is 14.8. The summed E-state index contributed by atoms with van der Waals surface area (Å²) >= 11 is 12.3. The van der Waals surface area contributed by atoms with Crippen molar-refractivity contribution in [2.75, 3.05) is 7.11 Å². The molecule has 2 unspecified atom stereocenters. The maximum atomic E-state index is 15.7. The van der Waals surface area contributed by atoms with Crippen LogP contribution in [0.4, 0.5) is 4.39 Å². The highest BCUT2D eigenvalue weighted by Gasteiger charge is 2.45. The quantitative estimate of drug-likeness (QED) is 0.746. The number of benzene rings is 1. The average Bonchev–Trinajstić information content (AvgIpc) is 2.64. The molecule has 0 radical (unpaired) electrons. The minimum absolute atomic E-state index is 0.0288. The van der Waals surface area contributed by atoms with Gasteiger partial charge in [-0.2, -0.15) is 0 Å². The van der Waals surface area contributed by atoms with Gasteiger partial charge in [-0.25, -0.2) is 4.39 Å². The molecule has 0 bridgehead atoms. The third-order valence-electron chi connectivity index (χ3n) is 4.94. The number of hydrogen-bond acceptors (Lipinski definition) is 4. The summed E-state index contributed by atoms with van der Waals surface area (Å²) in [7, 11) is 1.55. The van der Waals surface area contributed by atoms with Gasteiger partial charge in [-0.05, 0) is 48.6 Å². The van der Waals surface area contributed by atoms with Crippen molar-refractivity contribution in [2.24, 2.45) is 0 Å². The first kappa shape index (κ1) is 20.2. The fourth-order valence-electron chi connectivity index (χ4n) is 3.57. The lowest BCUT2D eigenvalue weighted by molar-refractivity contribution is -0.133. The summed E-state index contributed by atoms with van der Waals surface area (Å²) in [6.45, 7) is 0.295. The summed E-state index contributed by atoms with van der Waals surface area (Å²) in [6.07, 6.45) is 0.976. The van der Waals surface area contributed by atoms with Gasteiger partial charge in [0.25, 0.3) is 0 Å². The Hall–Kier alpha value is -1.53. The van der Waals surface area contributed by atoms with E-state index in [9.17, 15) is 9.90 Å². The number of alkyl halides is 1. The Morgan fingerprint density at radius 2 is 2.22 bits per heavy atom. The molecule has 0 spiro atoms. The summed E-state index contributed by atoms with van der Waals surface area (Å²) in [5.74, 6) is -0.543. The number of methoxy groups -OCH3 is 1. The lowest BCUT2D eigenvalue weighted by Gasteiger charge is -2.32. The number of carbonyl (C=O) groups is 1. The van der Waals surface area contributed by atoms with E-state index in [0.717, 1.165) is 11.1 Å². The first-order valence-corrected chi connectivity index (χ1v) is 9.44. The first-order valence-electron chi connectivity index (χ1n) is 8.68. The van der Waals surface area contributed by atoms with Crippen LogP contribution in [0.5, 0.6) is 0 Å². The van der Waals surface area contributed by atoms with Crippen molar-refractivity contribution in [3.63, 3.8) is 0 Å². The molecule has 144 valence electrons. The molecule has 0 saturated carbocycles. The molecule has 0 fully saturated rings. The average molecular weight is 412 g/mol. The maximum absolute atomic E-state index is 15.7. The highest BCUT2D eigenvalue weighted by molar-refractivity contribution is 6.35. The molecule has 7 heteroatoms. The second-order valence-electron chi connectivity index (χ2n) is 6.67. The molecule has 1 N–H and O–H groups in total. The standard InChI is InChI=1S/C20H20Cl2FNO3/c1-27-11-12-9-13(21)10-16(22)14(12)4-5-18(26)20(23)7-6-17(25)19-15(20)3-2-8-24-19/h2-3,8-10,17,25H,4-7,11H2,1H3. The number of halogens is 3. The van der Waals surface area contributed by atoms with Crippen LogP contribution in [0.3, 0.4) is 0 Å². The number of carbonyl (C=O) groups excluding carboxylic acids is 1. The number of Topliss-reactive ketones (excluding diaryl/α,β-unsaturated/α-hetero) is 1. The molecule has 1 aromatic carbocycles. The molecule has 2 atom stereocenters. The number of pyridine rings is 1. The molecule has 0 amide bonds. The van der Waals surface area contributed by atoms with E-state index in [4.69, 9.17) is 27.9 Å². The van der Waals surface area contributed by atoms with E-state index < -0.39 is 17.6 Å². The molecule has 1 aliphatic rings. The van der Waals surface area contributed by atoms with Crippen LogP contribution >= 0.6 is 23.2 Å². The van der Waals surface area contributed by atoms with Gasteiger partial charge in [-0.15, -0.1) is 0 Å². The predicted octanol–water partition coefficient (Wildman–Crippen LogP) is 4.73. The molecular formula is C20H20Cl2FNO3. The zero-order chi connectivity index (χ0) is 19.6. The van der Waals surface area contributed by atoms with Crippen molar-refractivity contribution in [1.29, 1.82) is 0 Å². The fraction of sp³-hybridized carbons (Fsp3) is 0.400. The number of aliphatic hydroxyl groups excluding tert-OH is 1. The Kier molecular flexibility index (Phi) is 6.16. The predicted molar refractivity (Wildman–Crippen MR) is 102 cm³/mol. The Bertz CT molecular complexity index is 861. The summed E-state index contributed by atoms with van der Waals surface area (Å²) < 4.78 is 20.8. The second-order valence-corrected chi connectivity index (χ2v) is 7.52. The molecule has 4 nitrogen and oxygen atoms in total. The minimum atomic E-state index is -2.15. The van der Waals surface area contributed by atoms with Gasteiger partial charge in [-0.1, -0.05) is 29.3 Å². The molecule has 0 saturated heterocycles. The number of nitrogens with zero attached hydrogens (tertiary/aromatic N) is 1. The normalized spacial score (nSPS) is 21.7. The number of fused-ring (bicyclic) bond motifs is 1. The number of rotatable bonds is 6. The highest BCUT2D eigenvalue weighted by atomic mass is 35.5. The lowest BCUT2D eigenvalue weighted by Crippen LogP contribution is -2.37. The van der Waals surface area contributed by atoms with Crippen LogP contribution in [0.1, 0.15) is 47.8 Å². The third kappa shape index (κ3) is 4.02. The monoisotopic (exact) mass is 411 g/mol. The van der Waals surface area contributed by atoms with Crippen molar-refractivity contribution < 1.29 is 19.0 Å². The van der Waals surface area contributed by atoms with Gasteiger partial charge in [0.1, 0.15) is 0 Å². The van der Waals surface area contributed by atoms with E-state index in [1.54, 1.807) is 25.3 Å². The van der Waals surface area contributed by atoms with Crippen LogP contribution in [0.25, 0.3) is 0 Å². The van der Waals surface area contributed by atoms with E-state index in [1.165, 1.54) is 12.3 Å². The van der Waals surface area contributed by atoms with Gasteiger partial charge in [0.2, 0.25) is 0 Å². The van der Waals surface area contributed by atoms with Crippen molar-refractivity contribution in [3.05, 3.63) is 62.9 Å².